The number of benzene rings is 1. The molecule has 1 aliphatic carbocycles. The number of aryl methyl sites for hydroxylation is 3. The van der Waals surface area contributed by atoms with Crippen molar-refractivity contribution in [2.24, 2.45) is 0 Å². The highest BCUT2D eigenvalue weighted by molar-refractivity contribution is 6.04. The fraction of sp³-hybridized carbons (Fsp3) is 0.375. The number of carbonyl (C=O) groups is 2. The van der Waals surface area contributed by atoms with E-state index in [9.17, 15) is 9.59 Å². The first-order valence-electron chi connectivity index (χ1n) is 11.0. The lowest BCUT2D eigenvalue weighted by molar-refractivity contribution is 0.0937. The molecule has 1 aromatic carbocycles. The molecule has 3 N–H and O–H groups in total. The molecule has 1 fully saturated rings. The van der Waals surface area contributed by atoms with Crippen molar-refractivity contribution in [3.8, 4) is 11.4 Å². The van der Waals surface area contributed by atoms with Crippen LogP contribution in [0.2, 0.25) is 0 Å². The molecule has 0 saturated heterocycles. The third-order valence-corrected chi connectivity index (χ3v) is 6.29. The highest BCUT2D eigenvalue weighted by atomic mass is 16.2. The van der Waals surface area contributed by atoms with Crippen molar-refractivity contribution in [1.29, 1.82) is 0 Å². The minimum absolute atomic E-state index is 0.0155. The van der Waals surface area contributed by atoms with Gasteiger partial charge >= 0.3 is 0 Å². The number of aromatic amines is 1. The zero-order valence-corrected chi connectivity index (χ0v) is 17.9. The van der Waals surface area contributed by atoms with E-state index < -0.39 is 0 Å². The SMILES string of the molecule is Cc1cc(C)cc(C(=O)Nc2n[nH]c3c2CCn2cc(C(=O)NC4CCCC4)cc2-3)c1. The van der Waals surface area contributed by atoms with Gasteiger partial charge in [-0.25, -0.2) is 0 Å². The Labute approximate surface area is 181 Å². The van der Waals surface area contributed by atoms with E-state index in [1.807, 2.05) is 44.3 Å². The molecular formula is C24H27N5O2. The molecule has 7 heteroatoms. The average molecular weight is 418 g/mol. The average Bonchev–Trinajstić information content (AvgIpc) is 3.46. The van der Waals surface area contributed by atoms with E-state index in [1.165, 1.54) is 12.8 Å². The van der Waals surface area contributed by atoms with Gasteiger partial charge in [0.2, 0.25) is 0 Å². The molecule has 0 atom stereocenters. The summed E-state index contributed by atoms with van der Waals surface area (Å²) in [6.07, 6.45) is 7.15. The Morgan fingerprint density at radius 1 is 1.03 bits per heavy atom. The van der Waals surface area contributed by atoms with Gasteiger partial charge in [0, 0.05) is 29.9 Å². The molecule has 0 spiro atoms. The Hall–Kier alpha value is -3.35. The highest BCUT2D eigenvalue weighted by Gasteiger charge is 2.26. The molecule has 1 saturated carbocycles. The van der Waals surface area contributed by atoms with Crippen LogP contribution in [0.3, 0.4) is 0 Å². The molecule has 31 heavy (non-hydrogen) atoms. The maximum Gasteiger partial charge on any atom is 0.256 e. The van der Waals surface area contributed by atoms with E-state index in [-0.39, 0.29) is 11.8 Å². The first-order valence-corrected chi connectivity index (χ1v) is 11.0. The van der Waals surface area contributed by atoms with Crippen LogP contribution in [0, 0.1) is 13.8 Å². The number of amides is 2. The second kappa shape index (κ2) is 7.72. The Bertz CT molecular complexity index is 1150. The molecule has 2 aliphatic rings. The highest BCUT2D eigenvalue weighted by Crippen LogP contribution is 2.33. The molecule has 3 aromatic rings. The number of carbonyl (C=O) groups excluding carboxylic acids is 2. The van der Waals surface area contributed by atoms with Crippen LogP contribution in [-0.2, 0) is 13.0 Å². The predicted molar refractivity (Wildman–Crippen MR) is 119 cm³/mol. The number of aromatic nitrogens is 3. The standard InChI is InChI=1S/C24H27N5O2/c1-14-9-15(2)11-16(10-14)23(30)26-22-19-7-8-29-13-17(12-20(29)21(19)27-28-22)24(31)25-18-5-3-4-6-18/h9-13,18H,3-8H2,1-2H3,(H,25,31)(H2,26,27,28,30). The number of hydrogen-bond donors (Lipinski definition) is 3. The lowest BCUT2D eigenvalue weighted by atomic mass is 10.0. The molecule has 2 amide bonds. The number of nitrogens with one attached hydrogen (secondary N) is 3. The molecule has 2 aromatic heterocycles. The first kappa shape index (κ1) is 19.6. The lowest BCUT2D eigenvalue weighted by Gasteiger charge is -2.16. The summed E-state index contributed by atoms with van der Waals surface area (Å²) in [5.41, 5.74) is 6.17. The quantitative estimate of drug-likeness (QED) is 0.600. The zero-order chi connectivity index (χ0) is 21.5. The van der Waals surface area contributed by atoms with Crippen molar-refractivity contribution in [3.05, 3.63) is 58.3 Å². The van der Waals surface area contributed by atoms with E-state index in [2.05, 4.69) is 25.4 Å². The molecule has 7 nitrogen and oxygen atoms in total. The van der Waals surface area contributed by atoms with Gasteiger partial charge < -0.3 is 15.2 Å². The molecule has 160 valence electrons. The molecule has 5 rings (SSSR count). The van der Waals surface area contributed by atoms with Crippen molar-refractivity contribution in [2.45, 2.75) is 58.5 Å². The van der Waals surface area contributed by atoms with Gasteiger partial charge in [-0.05, 0) is 51.3 Å². The Kier molecular flexibility index (Phi) is 4.88. The van der Waals surface area contributed by atoms with Gasteiger partial charge in [0.25, 0.3) is 11.8 Å². The van der Waals surface area contributed by atoms with Crippen LogP contribution in [0.15, 0.2) is 30.5 Å². The number of nitrogens with zero attached hydrogens (tertiary/aromatic N) is 2. The molecule has 1 aliphatic heterocycles. The van der Waals surface area contributed by atoms with Gasteiger partial charge in [-0.15, -0.1) is 0 Å². The number of hydrogen-bond acceptors (Lipinski definition) is 3. The van der Waals surface area contributed by atoms with Crippen LogP contribution in [0.25, 0.3) is 11.4 Å². The maximum absolute atomic E-state index is 12.8. The largest absolute Gasteiger partial charge is 0.349 e. The van der Waals surface area contributed by atoms with Gasteiger partial charge in [0.15, 0.2) is 5.82 Å². The van der Waals surface area contributed by atoms with Crippen LogP contribution in [0.4, 0.5) is 5.82 Å². The maximum atomic E-state index is 12.8. The van der Waals surface area contributed by atoms with Crippen molar-refractivity contribution in [1.82, 2.24) is 20.1 Å². The van der Waals surface area contributed by atoms with Gasteiger partial charge in [0.1, 0.15) is 0 Å². The summed E-state index contributed by atoms with van der Waals surface area (Å²) in [6, 6.07) is 8.00. The number of fused-ring (bicyclic) bond motifs is 3. The molecule has 0 bridgehead atoms. The Balaban J connectivity index is 1.37. The number of anilines is 1. The second-order valence-corrected chi connectivity index (χ2v) is 8.77. The first-order chi connectivity index (χ1) is 15.0. The zero-order valence-electron chi connectivity index (χ0n) is 17.9. The summed E-state index contributed by atoms with van der Waals surface area (Å²) < 4.78 is 2.08. The van der Waals surface area contributed by atoms with Gasteiger partial charge in [-0.2, -0.15) is 5.10 Å². The third kappa shape index (κ3) is 3.76. The van der Waals surface area contributed by atoms with Crippen molar-refractivity contribution in [2.75, 3.05) is 5.32 Å². The fourth-order valence-corrected chi connectivity index (χ4v) is 4.81. The smallest absolute Gasteiger partial charge is 0.256 e. The monoisotopic (exact) mass is 417 g/mol. The minimum Gasteiger partial charge on any atom is -0.349 e. The molecule has 3 heterocycles. The van der Waals surface area contributed by atoms with Crippen molar-refractivity contribution in [3.63, 3.8) is 0 Å². The van der Waals surface area contributed by atoms with Gasteiger partial charge in [0.05, 0.1) is 17.0 Å². The summed E-state index contributed by atoms with van der Waals surface area (Å²) >= 11 is 0. The predicted octanol–water partition coefficient (Wildman–Crippen LogP) is 3.98. The van der Waals surface area contributed by atoms with Crippen LogP contribution < -0.4 is 10.6 Å². The van der Waals surface area contributed by atoms with E-state index in [1.54, 1.807) is 0 Å². The van der Waals surface area contributed by atoms with E-state index >= 15 is 0 Å². The topological polar surface area (TPSA) is 91.8 Å². The summed E-state index contributed by atoms with van der Waals surface area (Å²) in [5.74, 6) is 0.375. The number of H-pyrrole nitrogens is 1. The summed E-state index contributed by atoms with van der Waals surface area (Å²) in [4.78, 5) is 25.5. The van der Waals surface area contributed by atoms with Crippen LogP contribution >= 0.6 is 0 Å². The number of rotatable bonds is 4. The summed E-state index contributed by atoms with van der Waals surface area (Å²) in [5, 5.41) is 13.6. The minimum atomic E-state index is -0.168. The third-order valence-electron chi connectivity index (χ3n) is 6.29. The van der Waals surface area contributed by atoms with Crippen molar-refractivity contribution >= 4 is 17.6 Å². The second-order valence-electron chi connectivity index (χ2n) is 8.77. The van der Waals surface area contributed by atoms with Crippen LogP contribution in [0.1, 0.15) is 63.1 Å². The van der Waals surface area contributed by atoms with Gasteiger partial charge in [-0.1, -0.05) is 30.0 Å². The van der Waals surface area contributed by atoms with E-state index in [0.717, 1.165) is 53.9 Å². The van der Waals surface area contributed by atoms with E-state index in [4.69, 9.17) is 0 Å². The molecule has 0 radical (unpaired) electrons. The Morgan fingerprint density at radius 2 is 1.77 bits per heavy atom. The Morgan fingerprint density at radius 3 is 2.52 bits per heavy atom. The molecule has 0 unspecified atom stereocenters. The van der Waals surface area contributed by atoms with Crippen LogP contribution in [-0.4, -0.2) is 32.6 Å². The lowest BCUT2D eigenvalue weighted by Crippen LogP contribution is -2.32. The fourth-order valence-electron chi connectivity index (χ4n) is 4.81. The van der Waals surface area contributed by atoms with Gasteiger partial charge in [-0.3, -0.25) is 14.7 Å². The van der Waals surface area contributed by atoms with Crippen molar-refractivity contribution < 1.29 is 9.59 Å². The van der Waals surface area contributed by atoms with E-state index in [0.29, 0.717) is 23.0 Å². The summed E-state index contributed by atoms with van der Waals surface area (Å²) in [6.45, 7) is 4.70. The molecular weight excluding hydrogens is 390 g/mol. The normalized spacial score (nSPS) is 15.4. The summed E-state index contributed by atoms with van der Waals surface area (Å²) in [7, 11) is 0. The van der Waals surface area contributed by atoms with Crippen LogP contribution in [0.5, 0.6) is 0 Å².